The van der Waals surface area contributed by atoms with Crippen molar-refractivity contribution in [2.45, 2.75) is 45.4 Å². The average Bonchev–Trinajstić information content (AvgIpc) is 3.24. The first kappa shape index (κ1) is 25.9. The summed E-state index contributed by atoms with van der Waals surface area (Å²) >= 11 is 0. The fraction of sp³-hybridized carbons (Fsp3) is 0.167. The van der Waals surface area contributed by atoms with E-state index in [0.717, 1.165) is 0 Å². The van der Waals surface area contributed by atoms with E-state index in [0.29, 0.717) is 0 Å². The second kappa shape index (κ2) is 9.12. The Morgan fingerprint density at radius 1 is 0.535 bits per heavy atom. The predicted octanol–water partition coefficient (Wildman–Crippen LogP) is 11.5. The number of rotatable bonds is 2. The highest BCUT2D eigenvalue weighted by Crippen LogP contribution is 2.51. The monoisotopic (exact) mass is 553 g/mol. The van der Waals surface area contributed by atoms with E-state index in [4.69, 9.17) is 0 Å². The molecule has 0 saturated carbocycles. The van der Waals surface area contributed by atoms with Gasteiger partial charge in [0, 0.05) is 23.2 Å². The van der Waals surface area contributed by atoms with Gasteiger partial charge in [-0.2, -0.15) is 0 Å². The first-order valence-electron chi connectivity index (χ1n) is 15.3. The largest absolute Gasteiger partial charge is 0.264 e. The van der Waals surface area contributed by atoms with Crippen LogP contribution in [0.1, 0.15) is 51.3 Å². The van der Waals surface area contributed by atoms with E-state index in [-0.39, 0.29) is 10.8 Å². The number of nitrogens with zero attached hydrogens (tertiary/aromatic N) is 1. The Labute approximate surface area is 253 Å². The summed E-state index contributed by atoms with van der Waals surface area (Å²) in [7, 11) is 0. The molecule has 208 valence electrons. The van der Waals surface area contributed by atoms with Crippen LogP contribution in [-0.2, 0) is 10.8 Å². The molecule has 43 heavy (non-hydrogen) atoms. The van der Waals surface area contributed by atoms with Gasteiger partial charge in [0.2, 0.25) is 0 Å². The highest BCUT2D eigenvalue weighted by molar-refractivity contribution is 6.21. The molecule has 7 aromatic rings. The molecule has 1 heterocycles. The normalized spacial score (nSPS) is 13.9. The SMILES string of the molecule is CC(C)(C)c1ccc2c(-c3ccc4ccccc4c3)c3cnccc3c(-c3ccc4c(c3)C(C)(C)c3ccccc3-4)c2c1. The van der Waals surface area contributed by atoms with Gasteiger partial charge in [0.05, 0.1) is 0 Å². The fourth-order valence-corrected chi connectivity index (χ4v) is 7.36. The molecule has 1 aromatic heterocycles. The highest BCUT2D eigenvalue weighted by Gasteiger charge is 2.35. The van der Waals surface area contributed by atoms with Crippen molar-refractivity contribution in [3.05, 3.63) is 138 Å². The summed E-state index contributed by atoms with van der Waals surface area (Å²) in [6, 6.07) is 40.8. The van der Waals surface area contributed by atoms with Gasteiger partial charge in [-0.1, -0.05) is 120 Å². The molecule has 0 atom stereocenters. The molecule has 0 unspecified atom stereocenters. The van der Waals surface area contributed by atoms with Crippen LogP contribution >= 0.6 is 0 Å². The molecule has 0 aliphatic heterocycles. The lowest BCUT2D eigenvalue weighted by molar-refractivity contribution is 0.591. The van der Waals surface area contributed by atoms with Crippen molar-refractivity contribution >= 4 is 32.3 Å². The summed E-state index contributed by atoms with van der Waals surface area (Å²) in [5.41, 5.74) is 11.8. The van der Waals surface area contributed by atoms with E-state index < -0.39 is 0 Å². The lowest BCUT2D eigenvalue weighted by atomic mass is 9.79. The molecule has 0 saturated heterocycles. The maximum Gasteiger partial charge on any atom is 0.0353 e. The lowest BCUT2D eigenvalue weighted by Gasteiger charge is -2.24. The third kappa shape index (κ3) is 3.88. The maximum absolute atomic E-state index is 4.67. The van der Waals surface area contributed by atoms with Crippen LogP contribution in [0.5, 0.6) is 0 Å². The molecule has 6 aromatic carbocycles. The Balaban J connectivity index is 1.48. The molecule has 0 spiro atoms. The van der Waals surface area contributed by atoms with Crippen molar-refractivity contribution in [2.24, 2.45) is 0 Å². The van der Waals surface area contributed by atoms with Crippen LogP contribution in [0.2, 0.25) is 0 Å². The molecule has 1 heteroatoms. The van der Waals surface area contributed by atoms with Gasteiger partial charge < -0.3 is 0 Å². The second-order valence-electron chi connectivity index (χ2n) is 13.7. The summed E-state index contributed by atoms with van der Waals surface area (Å²) in [5, 5.41) is 7.49. The zero-order chi connectivity index (χ0) is 29.5. The summed E-state index contributed by atoms with van der Waals surface area (Å²) in [6.07, 6.45) is 4.01. The minimum Gasteiger partial charge on any atom is -0.264 e. The standard InChI is InChI=1S/C42H35N/c1-41(2,3)30-17-19-33-35(24-30)39(29-16-18-32-31-12-8-9-13-37(31)42(4,5)38(32)23-29)34-20-21-43-25-36(34)40(33)28-15-14-26-10-6-7-11-27(26)22-28/h6-25H,1-5H3. The molecule has 0 amide bonds. The van der Waals surface area contributed by atoms with Crippen molar-refractivity contribution < 1.29 is 0 Å². The van der Waals surface area contributed by atoms with E-state index in [2.05, 4.69) is 155 Å². The maximum atomic E-state index is 4.67. The molecule has 0 fully saturated rings. The van der Waals surface area contributed by atoms with E-state index in [9.17, 15) is 0 Å². The van der Waals surface area contributed by atoms with Gasteiger partial charge in [-0.15, -0.1) is 0 Å². The number of hydrogen-bond donors (Lipinski definition) is 0. The van der Waals surface area contributed by atoms with Gasteiger partial charge in [-0.25, -0.2) is 0 Å². The van der Waals surface area contributed by atoms with Gasteiger partial charge >= 0.3 is 0 Å². The first-order valence-corrected chi connectivity index (χ1v) is 15.3. The second-order valence-corrected chi connectivity index (χ2v) is 13.7. The van der Waals surface area contributed by atoms with Crippen molar-refractivity contribution in [1.29, 1.82) is 0 Å². The Morgan fingerprint density at radius 2 is 1.21 bits per heavy atom. The van der Waals surface area contributed by atoms with Crippen LogP contribution in [0, 0.1) is 0 Å². The molecule has 8 rings (SSSR count). The fourth-order valence-electron chi connectivity index (χ4n) is 7.36. The van der Waals surface area contributed by atoms with Crippen LogP contribution in [0.3, 0.4) is 0 Å². The minimum absolute atomic E-state index is 0.0311. The molecule has 1 aliphatic rings. The van der Waals surface area contributed by atoms with Gasteiger partial charge in [-0.3, -0.25) is 4.98 Å². The van der Waals surface area contributed by atoms with Crippen LogP contribution in [-0.4, -0.2) is 4.98 Å². The Bertz CT molecular complexity index is 2240. The molecule has 0 radical (unpaired) electrons. The Kier molecular flexibility index (Phi) is 5.50. The predicted molar refractivity (Wildman–Crippen MR) is 184 cm³/mol. The van der Waals surface area contributed by atoms with Crippen molar-refractivity contribution in [3.63, 3.8) is 0 Å². The molecular formula is C42H35N. The summed E-state index contributed by atoms with van der Waals surface area (Å²) in [5.74, 6) is 0. The first-order chi connectivity index (χ1) is 20.7. The molecule has 1 aliphatic carbocycles. The quantitative estimate of drug-likeness (QED) is 0.194. The van der Waals surface area contributed by atoms with Gasteiger partial charge in [0.1, 0.15) is 0 Å². The van der Waals surface area contributed by atoms with E-state index in [1.807, 2.05) is 6.20 Å². The van der Waals surface area contributed by atoms with Gasteiger partial charge in [0.15, 0.2) is 0 Å². The Morgan fingerprint density at radius 3 is 2.05 bits per heavy atom. The van der Waals surface area contributed by atoms with Crippen LogP contribution in [0.4, 0.5) is 0 Å². The lowest BCUT2D eigenvalue weighted by Crippen LogP contribution is -2.14. The summed E-state index contributed by atoms with van der Waals surface area (Å²) < 4.78 is 0. The molecule has 0 N–H and O–H groups in total. The zero-order valence-corrected chi connectivity index (χ0v) is 25.5. The number of benzene rings is 6. The van der Waals surface area contributed by atoms with E-state index in [1.165, 1.54) is 82.4 Å². The van der Waals surface area contributed by atoms with Gasteiger partial charge in [-0.05, 0) is 107 Å². The number of aromatic nitrogens is 1. The third-order valence-electron chi connectivity index (χ3n) is 9.69. The van der Waals surface area contributed by atoms with Crippen LogP contribution in [0.15, 0.2) is 122 Å². The van der Waals surface area contributed by atoms with Crippen molar-refractivity contribution in [2.75, 3.05) is 0 Å². The zero-order valence-electron chi connectivity index (χ0n) is 25.5. The smallest absolute Gasteiger partial charge is 0.0353 e. The molecule has 1 nitrogen and oxygen atoms in total. The number of hydrogen-bond acceptors (Lipinski definition) is 1. The van der Waals surface area contributed by atoms with Gasteiger partial charge in [0.25, 0.3) is 0 Å². The van der Waals surface area contributed by atoms with E-state index >= 15 is 0 Å². The third-order valence-corrected chi connectivity index (χ3v) is 9.69. The number of pyridine rings is 1. The topological polar surface area (TPSA) is 12.9 Å². The molecular weight excluding hydrogens is 518 g/mol. The molecule has 0 bridgehead atoms. The summed E-state index contributed by atoms with van der Waals surface area (Å²) in [6.45, 7) is 11.6. The minimum atomic E-state index is -0.0588. The van der Waals surface area contributed by atoms with E-state index in [1.54, 1.807) is 0 Å². The van der Waals surface area contributed by atoms with Crippen molar-refractivity contribution in [3.8, 4) is 33.4 Å². The number of fused-ring (bicyclic) bond motifs is 6. The van der Waals surface area contributed by atoms with Crippen molar-refractivity contribution in [1.82, 2.24) is 4.98 Å². The average molecular weight is 554 g/mol. The van der Waals surface area contributed by atoms with Crippen LogP contribution < -0.4 is 0 Å². The Hall–Kier alpha value is -4.75. The van der Waals surface area contributed by atoms with Crippen LogP contribution in [0.25, 0.3) is 65.7 Å². The highest BCUT2D eigenvalue weighted by atomic mass is 14.6. The summed E-state index contributed by atoms with van der Waals surface area (Å²) in [4.78, 5) is 4.67.